The molecule has 2 aromatic carbocycles. The van der Waals surface area contributed by atoms with Crippen molar-refractivity contribution in [3.05, 3.63) is 60.2 Å². The largest absolute Gasteiger partial charge is 0.135 e. The van der Waals surface area contributed by atoms with Gasteiger partial charge in [-0.25, -0.2) is 0 Å². The highest BCUT2D eigenvalue weighted by Crippen LogP contribution is 2.33. The van der Waals surface area contributed by atoms with E-state index in [0.717, 1.165) is 0 Å². The lowest BCUT2D eigenvalue weighted by molar-refractivity contribution is 1.48. The minimum absolute atomic E-state index is 1.31. The van der Waals surface area contributed by atoms with E-state index in [1.807, 2.05) is 11.3 Å². The van der Waals surface area contributed by atoms with Gasteiger partial charge in [0.25, 0.3) is 0 Å². The first-order valence-electron chi connectivity index (χ1n) is 5.38. The average Bonchev–Trinajstić information content (AvgIpc) is 2.72. The maximum atomic E-state index is 2.27. The molecule has 0 saturated heterocycles. The van der Waals surface area contributed by atoms with Crippen molar-refractivity contribution in [1.82, 2.24) is 0 Å². The molecule has 3 rings (SSSR count). The molecule has 0 unspecified atom stereocenters. The van der Waals surface area contributed by atoms with Crippen molar-refractivity contribution < 1.29 is 0 Å². The zero-order valence-electron chi connectivity index (χ0n) is 9.10. The number of hydrogen-bond acceptors (Lipinski definition) is 1. The Bertz CT molecular complexity index is 601. The SMILES string of the molecule is Cc1cccc(-c2cc3ccccc3s2)c1. The predicted molar refractivity (Wildman–Crippen MR) is 72.0 cm³/mol. The molecule has 0 nitrogen and oxygen atoms in total. The summed E-state index contributed by atoms with van der Waals surface area (Å²) >= 11 is 1.86. The Morgan fingerprint density at radius 2 is 1.75 bits per heavy atom. The highest BCUT2D eigenvalue weighted by atomic mass is 32.1. The second-order valence-corrected chi connectivity index (χ2v) is 5.10. The summed E-state index contributed by atoms with van der Waals surface area (Å²) in [5.41, 5.74) is 2.64. The minimum Gasteiger partial charge on any atom is -0.135 e. The van der Waals surface area contributed by atoms with E-state index in [4.69, 9.17) is 0 Å². The lowest BCUT2D eigenvalue weighted by atomic mass is 10.1. The Morgan fingerprint density at radius 1 is 0.875 bits per heavy atom. The van der Waals surface area contributed by atoms with Crippen LogP contribution in [0.4, 0.5) is 0 Å². The predicted octanol–water partition coefficient (Wildman–Crippen LogP) is 4.88. The molecule has 0 bridgehead atoms. The van der Waals surface area contributed by atoms with Crippen molar-refractivity contribution in [2.75, 3.05) is 0 Å². The van der Waals surface area contributed by atoms with E-state index in [0.29, 0.717) is 0 Å². The number of fused-ring (bicyclic) bond motifs is 1. The minimum atomic E-state index is 1.31. The van der Waals surface area contributed by atoms with Crippen LogP contribution in [0, 0.1) is 6.92 Å². The zero-order valence-corrected chi connectivity index (χ0v) is 9.92. The molecule has 1 aromatic heterocycles. The molecule has 78 valence electrons. The van der Waals surface area contributed by atoms with Gasteiger partial charge in [-0.1, -0.05) is 48.0 Å². The fraction of sp³-hybridized carbons (Fsp3) is 0.0667. The zero-order chi connectivity index (χ0) is 11.0. The summed E-state index contributed by atoms with van der Waals surface area (Å²) in [6.45, 7) is 2.14. The molecular formula is C15H12S. The maximum absolute atomic E-state index is 2.27. The first kappa shape index (κ1) is 9.61. The van der Waals surface area contributed by atoms with Crippen LogP contribution in [0.2, 0.25) is 0 Å². The summed E-state index contributed by atoms with van der Waals surface area (Å²) in [5.74, 6) is 0. The smallest absolute Gasteiger partial charge is 0.0355 e. The van der Waals surface area contributed by atoms with Crippen LogP contribution in [-0.2, 0) is 0 Å². The molecule has 0 N–H and O–H groups in total. The van der Waals surface area contributed by atoms with Gasteiger partial charge in [-0.2, -0.15) is 0 Å². The molecular weight excluding hydrogens is 212 g/mol. The van der Waals surface area contributed by atoms with Crippen LogP contribution in [0.15, 0.2) is 54.6 Å². The quantitative estimate of drug-likeness (QED) is 0.553. The standard InChI is InChI=1S/C15H12S/c1-11-5-4-7-12(9-11)15-10-13-6-2-3-8-14(13)16-15/h2-10H,1H3. The third-order valence-corrected chi connectivity index (χ3v) is 3.89. The highest BCUT2D eigenvalue weighted by molar-refractivity contribution is 7.22. The van der Waals surface area contributed by atoms with Crippen molar-refractivity contribution in [2.45, 2.75) is 6.92 Å². The Morgan fingerprint density at radius 3 is 2.56 bits per heavy atom. The lowest BCUT2D eigenvalue weighted by Crippen LogP contribution is -1.73. The summed E-state index contributed by atoms with van der Waals surface area (Å²) < 4.78 is 1.36. The molecule has 0 saturated carbocycles. The van der Waals surface area contributed by atoms with Crippen molar-refractivity contribution in [1.29, 1.82) is 0 Å². The van der Waals surface area contributed by atoms with Gasteiger partial charge in [-0.15, -0.1) is 11.3 Å². The van der Waals surface area contributed by atoms with E-state index < -0.39 is 0 Å². The number of benzene rings is 2. The van der Waals surface area contributed by atoms with Gasteiger partial charge in [-0.05, 0) is 30.0 Å². The number of aryl methyl sites for hydroxylation is 1. The second-order valence-electron chi connectivity index (χ2n) is 4.02. The van der Waals surface area contributed by atoms with Gasteiger partial charge >= 0.3 is 0 Å². The average molecular weight is 224 g/mol. The second kappa shape index (κ2) is 3.76. The van der Waals surface area contributed by atoms with Crippen LogP contribution in [0.5, 0.6) is 0 Å². The van der Waals surface area contributed by atoms with E-state index in [1.54, 1.807) is 0 Å². The van der Waals surface area contributed by atoms with E-state index in [-0.39, 0.29) is 0 Å². The molecule has 3 aromatic rings. The van der Waals surface area contributed by atoms with Gasteiger partial charge in [-0.3, -0.25) is 0 Å². The van der Waals surface area contributed by atoms with Crippen LogP contribution < -0.4 is 0 Å². The Labute approximate surface area is 99.2 Å². The summed E-state index contributed by atoms with van der Waals surface area (Å²) in [6.07, 6.45) is 0. The molecule has 16 heavy (non-hydrogen) atoms. The van der Waals surface area contributed by atoms with Crippen LogP contribution in [-0.4, -0.2) is 0 Å². The van der Waals surface area contributed by atoms with E-state index in [2.05, 4.69) is 61.5 Å². The van der Waals surface area contributed by atoms with E-state index in [1.165, 1.54) is 26.1 Å². The Balaban J connectivity index is 2.19. The molecule has 1 heterocycles. The topological polar surface area (TPSA) is 0 Å². The summed E-state index contributed by atoms with van der Waals surface area (Å²) in [7, 11) is 0. The normalized spacial score (nSPS) is 10.8. The number of thiophene rings is 1. The summed E-state index contributed by atoms with van der Waals surface area (Å²) in [5, 5.41) is 1.34. The number of hydrogen-bond donors (Lipinski definition) is 0. The Kier molecular flexibility index (Phi) is 2.26. The first-order chi connectivity index (χ1) is 7.83. The molecule has 1 heteroatoms. The molecule has 0 aliphatic carbocycles. The molecule has 0 aliphatic heterocycles. The fourth-order valence-corrected chi connectivity index (χ4v) is 2.98. The third kappa shape index (κ3) is 1.63. The van der Waals surface area contributed by atoms with Gasteiger partial charge in [0.15, 0.2) is 0 Å². The van der Waals surface area contributed by atoms with Crippen molar-refractivity contribution in [3.63, 3.8) is 0 Å². The lowest BCUT2D eigenvalue weighted by Gasteiger charge is -1.97. The van der Waals surface area contributed by atoms with Gasteiger partial charge in [0.1, 0.15) is 0 Å². The highest BCUT2D eigenvalue weighted by Gasteiger charge is 2.03. The third-order valence-electron chi connectivity index (χ3n) is 2.73. The van der Waals surface area contributed by atoms with Crippen molar-refractivity contribution >= 4 is 21.4 Å². The van der Waals surface area contributed by atoms with Crippen LogP contribution in [0.3, 0.4) is 0 Å². The molecule has 0 fully saturated rings. The molecule has 0 amide bonds. The van der Waals surface area contributed by atoms with Gasteiger partial charge in [0.2, 0.25) is 0 Å². The summed E-state index contributed by atoms with van der Waals surface area (Å²) in [4.78, 5) is 1.35. The van der Waals surface area contributed by atoms with Crippen LogP contribution in [0.1, 0.15) is 5.56 Å². The van der Waals surface area contributed by atoms with Crippen molar-refractivity contribution in [3.8, 4) is 10.4 Å². The number of rotatable bonds is 1. The fourth-order valence-electron chi connectivity index (χ4n) is 1.92. The molecule has 0 atom stereocenters. The molecule has 0 radical (unpaired) electrons. The monoisotopic (exact) mass is 224 g/mol. The van der Waals surface area contributed by atoms with Crippen molar-refractivity contribution in [2.24, 2.45) is 0 Å². The Hall–Kier alpha value is -1.60. The van der Waals surface area contributed by atoms with Gasteiger partial charge in [0.05, 0.1) is 0 Å². The summed E-state index contributed by atoms with van der Waals surface area (Å²) in [6, 6.07) is 19.5. The van der Waals surface area contributed by atoms with E-state index >= 15 is 0 Å². The molecule has 0 spiro atoms. The maximum Gasteiger partial charge on any atom is 0.0355 e. The van der Waals surface area contributed by atoms with Gasteiger partial charge < -0.3 is 0 Å². The van der Waals surface area contributed by atoms with Gasteiger partial charge in [0, 0.05) is 9.58 Å². The van der Waals surface area contributed by atoms with Crippen LogP contribution >= 0.6 is 11.3 Å². The first-order valence-corrected chi connectivity index (χ1v) is 6.20. The van der Waals surface area contributed by atoms with Crippen LogP contribution in [0.25, 0.3) is 20.5 Å². The van der Waals surface area contributed by atoms with E-state index in [9.17, 15) is 0 Å². The molecule has 0 aliphatic rings.